The van der Waals surface area contributed by atoms with Crippen molar-refractivity contribution in [2.75, 3.05) is 45.0 Å². The molecule has 0 aromatic heterocycles. The lowest BCUT2D eigenvalue weighted by atomic mass is 9.95. The quantitative estimate of drug-likeness (QED) is 0.395. The number of nitrogens with zero attached hydrogens (tertiary/aromatic N) is 3. The summed E-state index contributed by atoms with van der Waals surface area (Å²) in [5, 5.41) is 0. The van der Waals surface area contributed by atoms with Crippen molar-refractivity contribution in [1.29, 1.82) is 0 Å². The Labute approximate surface area is 233 Å². The van der Waals surface area contributed by atoms with E-state index in [0.29, 0.717) is 32.6 Å². The van der Waals surface area contributed by atoms with Crippen LogP contribution in [0.1, 0.15) is 42.0 Å². The first-order valence-corrected chi connectivity index (χ1v) is 15.8. The van der Waals surface area contributed by atoms with Gasteiger partial charge in [-0.15, -0.1) is 0 Å². The number of benzene rings is 3. The number of carbonyl (C=O) groups is 1. The maximum atomic E-state index is 13.5. The molecule has 3 aromatic carbocycles. The molecule has 0 radical (unpaired) electrons. The van der Waals surface area contributed by atoms with Crippen LogP contribution in [0.4, 0.5) is 0 Å². The lowest BCUT2D eigenvalue weighted by Crippen LogP contribution is -2.53. The second-order valence-electron chi connectivity index (χ2n) is 10.7. The molecule has 1 atom stereocenters. The number of amides is 1. The van der Waals surface area contributed by atoms with Gasteiger partial charge in [-0.25, -0.2) is 12.7 Å². The zero-order chi connectivity index (χ0) is 27.1. The fourth-order valence-corrected chi connectivity index (χ4v) is 7.55. The maximum absolute atomic E-state index is 13.5. The molecule has 5 rings (SSSR count). The first-order valence-electron chi connectivity index (χ1n) is 14.2. The van der Waals surface area contributed by atoms with E-state index >= 15 is 0 Å². The van der Waals surface area contributed by atoms with Gasteiger partial charge in [0.15, 0.2) is 0 Å². The molecule has 0 unspecified atom stereocenters. The molecule has 2 fully saturated rings. The van der Waals surface area contributed by atoms with Crippen LogP contribution < -0.4 is 0 Å². The number of piperidine rings is 1. The minimum atomic E-state index is -3.38. The summed E-state index contributed by atoms with van der Waals surface area (Å²) >= 11 is 0. The van der Waals surface area contributed by atoms with Crippen LogP contribution in [0, 0.1) is 5.92 Å². The second kappa shape index (κ2) is 12.9. The van der Waals surface area contributed by atoms with Gasteiger partial charge >= 0.3 is 0 Å². The normalized spacial score (nSPS) is 19.3. The van der Waals surface area contributed by atoms with Crippen molar-refractivity contribution in [3.8, 4) is 0 Å². The fraction of sp³-hybridized carbons (Fsp3) is 0.406. The molecule has 39 heavy (non-hydrogen) atoms. The van der Waals surface area contributed by atoms with Gasteiger partial charge in [-0.1, -0.05) is 91.0 Å². The van der Waals surface area contributed by atoms with E-state index < -0.39 is 10.0 Å². The second-order valence-corrected chi connectivity index (χ2v) is 12.8. The van der Waals surface area contributed by atoms with Crippen molar-refractivity contribution in [2.45, 2.75) is 31.7 Å². The molecule has 2 saturated heterocycles. The van der Waals surface area contributed by atoms with Crippen LogP contribution in [0.2, 0.25) is 0 Å². The largest absolute Gasteiger partial charge is 0.340 e. The van der Waals surface area contributed by atoms with E-state index in [2.05, 4.69) is 53.4 Å². The van der Waals surface area contributed by atoms with Gasteiger partial charge < -0.3 is 4.90 Å². The number of aryl methyl sites for hydroxylation is 1. The molecule has 7 heteroatoms. The number of hydrogen-bond donors (Lipinski definition) is 0. The Morgan fingerprint density at radius 3 is 1.92 bits per heavy atom. The first kappa shape index (κ1) is 27.6. The first-order chi connectivity index (χ1) is 19.0. The lowest BCUT2D eigenvalue weighted by Gasteiger charge is -2.41. The minimum Gasteiger partial charge on any atom is -0.340 e. The van der Waals surface area contributed by atoms with Crippen LogP contribution in [0.15, 0.2) is 91.0 Å². The van der Waals surface area contributed by atoms with Crippen molar-refractivity contribution in [3.63, 3.8) is 0 Å². The number of rotatable bonds is 9. The third kappa shape index (κ3) is 6.96. The van der Waals surface area contributed by atoms with E-state index in [9.17, 15) is 13.2 Å². The number of sulfonamides is 1. The Hall–Kier alpha value is -3.00. The van der Waals surface area contributed by atoms with E-state index in [1.165, 1.54) is 11.1 Å². The van der Waals surface area contributed by atoms with Crippen LogP contribution in [0.25, 0.3) is 0 Å². The molecule has 2 aliphatic heterocycles. The highest BCUT2D eigenvalue weighted by Crippen LogP contribution is 2.30. The van der Waals surface area contributed by atoms with Crippen LogP contribution >= 0.6 is 0 Å². The van der Waals surface area contributed by atoms with Crippen LogP contribution in [-0.4, -0.2) is 73.5 Å². The Kier molecular flexibility index (Phi) is 9.12. The smallest absolute Gasteiger partial charge is 0.227 e. The van der Waals surface area contributed by atoms with E-state index in [-0.39, 0.29) is 23.6 Å². The number of piperazine rings is 1. The molecular formula is C32H39N3O3S. The van der Waals surface area contributed by atoms with Gasteiger partial charge in [-0.3, -0.25) is 9.69 Å². The molecule has 1 amide bonds. The third-order valence-electron chi connectivity index (χ3n) is 8.06. The van der Waals surface area contributed by atoms with E-state index in [0.717, 1.165) is 37.9 Å². The van der Waals surface area contributed by atoms with E-state index in [4.69, 9.17) is 0 Å². The summed E-state index contributed by atoms with van der Waals surface area (Å²) in [6.07, 6.45) is 2.82. The standard InChI is InChI=1S/C32H39N3O3S/c36-32(30-19-10-20-35(26-30)39(37,38)25-11-14-27-12-4-1-5-13-27)34-23-21-33(22-24-34)31(28-15-6-2-7-16-28)29-17-8-3-9-18-29/h1-9,12-13,15-18,30-31H,10-11,14,19-26H2/t30-/m1/s1. The maximum Gasteiger partial charge on any atom is 0.227 e. The molecule has 0 N–H and O–H groups in total. The van der Waals surface area contributed by atoms with Gasteiger partial charge in [-0.2, -0.15) is 0 Å². The van der Waals surface area contributed by atoms with Crippen molar-refractivity contribution < 1.29 is 13.2 Å². The summed E-state index contributed by atoms with van der Waals surface area (Å²) in [5.74, 6) is -0.0231. The van der Waals surface area contributed by atoms with Gasteiger partial charge in [0.2, 0.25) is 15.9 Å². The van der Waals surface area contributed by atoms with Crippen molar-refractivity contribution >= 4 is 15.9 Å². The Morgan fingerprint density at radius 2 is 1.33 bits per heavy atom. The molecule has 3 aromatic rings. The summed E-state index contributed by atoms with van der Waals surface area (Å²) in [5.41, 5.74) is 3.66. The highest BCUT2D eigenvalue weighted by Gasteiger charge is 2.36. The molecule has 0 spiro atoms. The zero-order valence-corrected chi connectivity index (χ0v) is 23.4. The molecule has 0 aliphatic carbocycles. The lowest BCUT2D eigenvalue weighted by molar-refractivity contribution is -0.138. The van der Waals surface area contributed by atoms with Gasteiger partial charge in [0, 0.05) is 39.3 Å². The number of carbonyl (C=O) groups excluding carboxylic acids is 1. The topological polar surface area (TPSA) is 60.9 Å². The Morgan fingerprint density at radius 1 is 0.769 bits per heavy atom. The van der Waals surface area contributed by atoms with Crippen molar-refractivity contribution in [2.24, 2.45) is 5.92 Å². The summed E-state index contributed by atoms with van der Waals surface area (Å²) in [6, 6.07) is 31.2. The molecule has 6 nitrogen and oxygen atoms in total. The number of hydrogen-bond acceptors (Lipinski definition) is 4. The summed E-state index contributed by atoms with van der Waals surface area (Å²) in [7, 11) is -3.38. The van der Waals surface area contributed by atoms with Gasteiger partial charge in [0.25, 0.3) is 0 Å². The predicted molar refractivity (Wildman–Crippen MR) is 156 cm³/mol. The molecule has 2 aliphatic rings. The summed E-state index contributed by atoms with van der Waals surface area (Å²) in [6.45, 7) is 3.72. The Balaban J connectivity index is 1.17. The van der Waals surface area contributed by atoms with E-state index in [1.54, 1.807) is 4.31 Å². The van der Waals surface area contributed by atoms with Crippen LogP contribution in [0.3, 0.4) is 0 Å². The van der Waals surface area contributed by atoms with Crippen molar-refractivity contribution in [3.05, 3.63) is 108 Å². The molecule has 0 bridgehead atoms. The summed E-state index contributed by atoms with van der Waals surface area (Å²) < 4.78 is 27.8. The molecule has 2 heterocycles. The SMILES string of the molecule is O=C([C@@H]1CCCN(S(=O)(=O)CCCc2ccccc2)C1)N1CCN(C(c2ccccc2)c2ccccc2)CC1. The fourth-order valence-electron chi connectivity index (χ4n) is 5.97. The zero-order valence-electron chi connectivity index (χ0n) is 22.6. The monoisotopic (exact) mass is 545 g/mol. The highest BCUT2D eigenvalue weighted by atomic mass is 32.2. The van der Waals surface area contributed by atoms with Gasteiger partial charge in [0.1, 0.15) is 0 Å². The van der Waals surface area contributed by atoms with Gasteiger partial charge in [0.05, 0.1) is 17.7 Å². The molecular weight excluding hydrogens is 506 g/mol. The highest BCUT2D eigenvalue weighted by molar-refractivity contribution is 7.89. The van der Waals surface area contributed by atoms with E-state index in [1.807, 2.05) is 47.4 Å². The average Bonchev–Trinajstić information content (AvgIpc) is 2.99. The third-order valence-corrected chi connectivity index (χ3v) is 9.98. The summed E-state index contributed by atoms with van der Waals surface area (Å²) in [4.78, 5) is 17.9. The molecule has 0 saturated carbocycles. The van der Waals surface area contributed by atoms with Gasteiger partial charge in [-0.05, 0) is 42.4 Å². The van der Waals surface area contributed by atoms with Crippen LogP contribution in [-0.2, 0) is 21.2 Å². The van der Waals surface area contributed by atoms with Crippen LogP contribution in [0.5, 0.6) is 0 Å². The minimum absolute atomic E-state index is 0.106. The molecule has 206 valence electrons. The predicted octanol–water partition coefficient (Wildman–Crippen LogP) is 4.59. The van der Waals surface area contributed by atoms with Crippen molar-refractivity contribution in [1.82, 2.24) is 14.1 Å². The average molecular weight is 546 g/mol. The Bertz CT molecular complexity index is 1250.